The molecule has 0 radical (unpaired) electrons. The van der Waals surface area contributed by atoms with Crippen LogP contribution in [0, 0.1) is 10.1 Å². The summed E-state index contributed by atoms with van der Waals surface area (Å²) in [6.45, 7) is 1.97. The van der Waals surface area contributed by atoms with Gasteiger partial charge in [0, 0.05) is 22.8 Å². The van der Waals surface area contributed by atoms with Gasteiger partial charge in [-0.1, -0.05) is 19.4 Å². The van der Waals surface area contributed by atoms with Gasteiger partial charge in [0.2, 0.25) is 0 Å². The number of halogens is 1. The van der Waals surface area contributed by atoms with Gasteiger partial charge < -0.3 is 0 Å². The number of nitro benzene ring substituents is 1. The fourth-order valence-corrected chi connectivity index (χ4v) is 2.63. The summed E-state index contributed by atoms with van der Waals surface area (Å²) in [6.07, 6.45) is 2.24. The van der Waals surface area contributed by atoms with Crippen LogP contribution in [-0.4, -0.2) is 13.3 Å². The summed E-state index contributed by atoms with van der Waals surface area (Å²) >= 11 is 0. The van der Waals surface area contributed by atoms with Crippen molar-refractivity contribution in [3.63, 3.8) is 0 Å². The Bertz CT molecular complexity index is 527. The molecule has 17 heavy (non-hydrogen) atoms. The van der Waals surface area contributed by atoms with Crippen LogP contribution >= 0.6 is 10.7 Å². The predicted octanol–water partition coefficient (Wildman–Crippen LogP) is 2.86. The SMILES string of the molecule is CCCCc1ccc([N+](=O)[O-])cc1S(=O)(=O)Cl. The molecule has 0 N–H and O–H groups in total. The van der Waals surface area contributed by atoms with Crippen molar-refractivity contribution in [3.8, 4) is 0 Å². The van der Waals surface area contributed by atoms with E-state index in [1.54, 1.807) is 0 Å². The van der Waals surface area contributed by atoms with Crippen molar-refractivity contribution in [1.29, 1.82) is 0 Å². The first-order chi connectivity index (χ1) is 7.86. The van der Waals surface area contributed by atoms with Crippen molar-refractivity contribution in [2.75, 3.05) is 0 Å². The van der Waals surface area contributed by atoms with Crippen LogP contribution in [0.2, 0.25) is 0 Å². The molecular weight excluding hydrogens is 266 g/mol. The van der Waals surface area contributed by atoms with Crippen LogP contribution in [-0.2, 0) is 15.5 Å². The summed E-state index contributed by atoms with van der Waals surface area (Å²) in [7, 11) is 1.32. The van der Waals surface area contributed by atoms with Crippen LogP contribution in [0.5, 0.6) is 0 Å². The Morgan fingerprint density at radius 2 is 2.06 bits per heavy atom. The molecule has 0 aromatic heterocycles. The quantitative estimate of drug-likeness (QED) is 0.471. The molecule has 1 aromatic rings. The lowest BCUT2D eigenvalue weighted by Gasteiger charge is -2.05. The number of rotatable bonds is 5. The number of nitro groups is 1. The van der Waals surface area contributed by atoms with Crippen molar-refractivity contribution in [2.45, 2.75) is 31.1 Å². The van der Waals surface area contributed by atoms with E-state index in [1.807, 2.05) is 6.92 Å². The van der Waals surface area contributed by atoms with Crippen LogP contribution in [0.25, 0.3) is 0 Å². The average molecular weight is 278 g/mol. The number of nitrogens with zero attached hydrogens (tertiary/aromatic N) is 1. The van der Waals surface area contributed by atoms with Crippen molar-refractivity contribution in [3.05, 3.63) is 33.9 Å². The Balaban J connectivity index is 3.27. The maximum Gasteiger partial charge on any atom is 0.270 e. The van der Waals surface area contributed by atoms with E-state index < -0.39 is 14.0 Å². The highest BCUT2D eigenvalue weighted by molar-refractivity contribution is 8.13. The van der Waals surface area contributed by atoms with E-state index in [1.165, 1.54) is 12.1 Å². The molecule has 1 rings (SSSR count). The predicted molar refractivity (Wildman–Crippen MR) is 64.7 cm³/mol. The van der Waals surface area contributed by atoms with Gasteiger partial charge in [-0.3, -0.25) is 10.1 Å². The van der Waals surface area contributed by atoms with Gasteiger partial charge in [0.15, 0.2) is 0 Å². The highest BCUT2D eigenvalue weighted by Crippen LogP contribution is 2.26. The van der Waals surface area contributed by atoms with Crippen molar-refractivity contribution < 1.29 is 13.3 Å². The molecule has 0 fully saturated rings. The van der Waals surface area contributed by atoms with Gasteiger partial charge in [0.05, 0.1) is 9.82 Å². The van der Waals surface area contributed by atoms with Gasteiger partial charge in [-0.15, -0.1) is 0 Å². The summed E-state index contributed by atoms with van der Waals surface area (Å²) in [5, 5.41) is 10.6. The molecule has 5 nitrogen and oxygen atoms in total. The molecule has 0 aliphatic carbocycles. The normalized spacial score (nSPS) is 11.4. The summed E-state index contributed by atoms with van der Waals surface area (Å²) in [4.78, 5) is 9.76. The van der Waals surface area contributed by atoms with Crippen molar-refractivity contribution >= 4 is 25.4 Å². The maximum absolute atomic E-state index is 11.3. The zero-order valence-electron chi connectivity index (χ0n) is 9.22. The van der Waals surface area contributed by atoms with Crippen LogP contribution in [0.1, 0.15) is 25.3 Å². The van der Waals surface area contributed by atoms with Crippen LogP contribution in [0.4, 0.5) is 5.69 Å². The first-order valence-corrected chi connectivity index (χ1v) is 7.39. The zero-order valence-corrected chi connectivity index (χ0v) is 10.8. The fraction of sp³-hybridized carbons (Fsp3) is 0.400. The Hall–Kier alpha value is -1.14. The largest absolute Gasteiger partial charge is 0.270 e. The van der Waals surface area contributed by atoms with Gasteiger partial charge in [-0.2, -0.15) is 0 Å². The summed E-state index contributed by atoms with van der Waals surface area (Å²) in [5.41, 5.74) is 0.247. The molecule has 94 valence electrons. The highest BCUT2D eigenvalue weighted by Gasteiger charge is 2.19. The maximum atomic E-state index is 11.3. The zero-order chi connectivity index (χ0) is 13.1. The van der Waals surface area contributed by atoms with E-state index in [0.717, 1.165) is 18.9 Å². The Kier molecular flexibility index (Phi) is 4.47. The van der Waals surface area contributed by atoms with Crippen LogP contribution in [0.3, 0.4) is 0 Å². The molecule has 0 saturated carbocycles. The van der Waals surface area contributed by atoms with Gasteiger partial charge in [0.1, 0.15) is 0 Å². The van der Waals surface area contributed by atoms with E-state index in [4.69, 9.17) is 10.7 Å². The first kappa shape index (κ1) is 13.9. The Labute approximate surface area is 104 Å². The molecule has 0 unspecified atom stereocenters. The molecule has 0 bridgehead atoms. The first-order valence-electron chi connectivity index (χ1n) is 5.08. The van der Waals surface area contributed by atoms with Crippen molar-refractivity contribution in [2.24, 2.45) is 0 Å². The van der Waals surface area contributed by atoms with Gasteiger partial charge in [-0.05, 0) is 18.4 Å². The number of unbranched alkanes of at least 4 members (excludes halogenated alkanes) is 1. The van der Waals surface area contributed by atoms with E-state index in [2.05, 4.69) is 0 Å². The molecule has 0 spiro atoms. The second kappa shape index (κ2) is 5.46. The molecule has 1 aromatic carbocycles. The third kappa shape index (κ3) is 3.67. The Morgan fingerprint density at radius 3 is 2.53 bits per heavy atom. The molecule has 0 atom stereocenters. The molecule has 0 saturated heterocycles. The monoisotopic (exact) mass is 277 g/mol. The van der Waals surface area contributed by atoms with Gasteiger partial charge in [-0.25, -0.2) is 8.42 Å². The van der Waals surface area contributed by atoms with Gasteiger partial charge >= 0.3 is 0 Å². The van der Waals surface area contributed by atoms with Crippen LogP contribution < -0.4 is 0 Å². The van der Waals surface area contributed by atoms with Crippen LogP contribution in [0.15, 0.2) is 23.1 Å². The summed E-state index contributed by atoms with van der Waals surface area (Å²) < 4.78 is 22.7. The molecule has 0 amide bonds. The topological polar surface area (TPSA) is 77.3 Å². The lowest BCUT2D eigenvalue weighted by Crippen LogP contribution is -2.00. The molecule has 7 heteroatoms. The third-order valence-electron chi connectivity index (χ3n) is 2.32. The molecule has 0 aliphatic rings. The number of hydrogen-bond donors (Lipinski definition) is 0. The number of non-ortho nitro benzene ring substituents is 1. The fourth-order valence-electron chi connectivity index (χ4n) is 1.46. The Morgan fingerprint density at radius 1 is 1.41 bits per heavy atom. The number of benzene rings is 1. The standard InChI is InChI=1S/C10H12ClNO4S/c1-2-3-4-8-5-6-9(12(13)14)7-10(8)17(11,15)16/h5-7H,2-4H2,1H3. The lowest BCUT2D eigenvalue weighted by atomic mass is 10.1. The molecule has 0 heterocycles. The molecule has 0 aliphatic heterocycles. The van der Waals surface area contributed by atoms with E-state index >= 15 is 0 Å². The number of aryl methyl sites for hydroxylation is 1. The summed E-state index contributed by atoms with van der Waals surface area (Å²) in [5.74, 6) is 0. The van der Waals surface area contributed by atoms with Crippen molar-refractivity contribution in [1.82, 2.24) is 0 Å². The third-order valence-corrected chi connectivity index (χ3v) is 3.73. The number of hydrogen-bond acceptors (Lipinski definition) is 4. The minimum Gasteiger partial charge on any atom is -0.258 e. The second-order valence-electron chi connectivity index (χ2n) is 3.59. The average Bonchev–Trinajstić information content (AvgIpc) is 2.24. The smallest absolute Gasteiger partial charge is 0.258 e. The molecular formula is C10H12ClNO4S. The van der Waals surface area contributed by atoms with Gasteiger partial charge in [0.25, 0.3) is 14.7 Å². The second-order valence-corrected chi connectivity index (χ2v) is 6.12. The van der Waals surface area contributed by atoms with E-state index in [9.17, 15) is 18.5 Å². The highest BCUT2D eigenvalue weighted by atomic mass is 35.7. The lowest BCUT2D eigenvalue weighted by molar-refractivity contribution is -0.385. The summed E-state index contributed by atoms with van der Waals surface area (Å²) in [6, 6.07) is 3.74. The van der Waals surface area contributed by atoms with E-state index in [-0.39, 0.29) is 10.6 Å². The van der Waals surface area contributed by atoms with E-state index in [0.29, 0.717) is 12.0 Å². The minimum atomic E-state index is -3.95. The minimum absolute atomic E-state index is 0.165.